The van der Waals surface area contributed by atoms with Crippen LogP contribution in [0.15, 0.2) is 24.3 Å². The van der Waals surface area contributed by atoms with Crippen LogP contribution >= 0.6 is 0 Å². The predicted octanol–water partition coefficient (Wildman–Crippen LogP) is 1.69. The summed E-state index contributed by atoms with van der Waals surface area (Å²) in [7, 11) is 0. The van der Waals surface area contributed by atoms with Crippen LogP contribution in [0.1, 0.15) is 6.92 Å². The van der Waals surface area contributed by atoms with Crippen LogP contribution in [-0.4, -0.2) is 36.6 Å². The van der Waals surface area contributed by atoms with Gasteiger partial charge in [-0.25, -0.2) is 0 Å². The summed E-state index contributed by atoms with van der Waals surface area (Å²) in [6, 6.07) is 6.27. The highest BCUT2D eigenvalue weighted by Gasteiger charge is 2.22. The van der Waals surface area contributed by atoms with Gasteiger partial charge < -0.3 is 20.3 Å². The van der Waals surface area contributed by atoms with E-state index in [2.05, 4.69) is 10.1 Å². The Bertz CT molecular complexity index is 370. The zero-order valence-corrected chi connectivity index (χ0v) is 10.1. The van der Waals surface area contributed by atoms with E-state index in [0.29, 0.717) is 5.69 Å². The largest absolute Gasteiger partial charge is 0.433 e. The van der Waals surface area contributed by atoms with E-state index in [9.17, 15) is 8.78 Å². The second-order valence-electron chi connectivity index (χ2n) is 4.36. The summed E-state index contributed by atoms with van der Waals surface area (Å²) in [5.41, 5.74) is -0.330. The molecule has 0 aliphatic heterocycles. The zero-order chi connectivity index (χ0) is 13.6. The number of aliphatic hydroxyl groups is 2. The lowest BCUT2D eigenvalue weighted by molar-refractivity contribution is -0.0494. The molecule has 6 heteroatoms. The molecule has 0 saturated carbocycles. The molecule has 4 nitrogen and oxygen atoms in total. The van der Waals surface area contributed by atoms with Gasteiger partial charge in [-0.15, -0.1) is 0 Å². The minimum Gasteiger partial charge on any atom is -0.433 e. The van der Waals surface area contributed by atoms with Crippen LogP contribution < -0.4 is 10.1 Å². The van der Waals surface area contributed by atoms with E-state index in [-0.39, 0.29) is 25.5 Å². The molecule has 0 unspecified atom stereocenters. The van der Waals surface area contributed by atoms with Crippen molar-refractivity contribution in [2.45, 2.75) is 13.5 Å². The third-order valence-corrected chi connectivity index (χ3v) is 2.57. The van der Waals surface area contributed by atoms with E-state index in [1.54, 1.807) is 25.1 Å². The lowest BCUT2D eigenvalue weighted by Crippen LogP contribution is -2.34. The Morgan fingerprint density at radius 2 is 1.89 bits per heavy atom. The molecule has 0 fully saturated rings. The highest BCUT2D eigenvalue weighted by molar-refractivity contribution is 5.56. The molecule has 1 aromatic rings. The zero-order valence-electron chi connectivity index (χ0n) is 10.1. The fourth-order valence-corrected chi connectivity index (χ4v) is 1.28. The average molecular weight is 261 g/mol. The molecule has 0 spiro atoms. The Kier molecular flexibility index (Phi) is 5.30. The normalized spacial score (nSPS) is 11.7. The van der Waals surface area contributed by atoms with Gasteiger partial charge in [0.15, 0.2) is 0 Å². The van der Waals surface area contributed by atoms with Gasteiger partial charge in [-0.05, 0) is 12.1 Å². The molecule has 18 heavy (non-hydrogen) atoms. The quantitative estimate of drug-likeness (QED) is 0.699. The summed E-state index contributed by atoms with van der Waals surface area (Å²) in [5, 5.41) is 21.1. The number of benzene rings is 1. The monoisotopic (exact) mass is 261 g/mol. The first-order chi connectivity index (χ1) is 8.50. The van der Waals surface area contributed by atoms with Crippen molar-refractivity contribution in [2.24, 2.45) is 5.41 Å². The number of aliphatic hydroxyl groups excluding tert-OH is 2. The summed E-state index contributed by atoms with van der Waals surface area (Å²) in [6.45, 7) is -1.40. The van der Waals surface area contributed by atoms with E-state index >= 15 is 0 Å². The van der Waals surface area contributed by atoms with Crippen molar-refractivity contribution in [1.29, 1.82) is 0 Å². The van der Waals surface area contributed by atoms with Gasteiger partial charge in [-0.1, -0.05) is 19.1 Å². The van der Waals surface area contributed by atoms with Gasteiger partial charge in [-0.2, -0.15) is 8.78 Å². The molecule has 0 aliphatic rings. The molecule has 102 valence electrons. The van der Waals surface area contributed by atoms with Gasteiger partial charge in [0.05, 0.1) is 18.9 Å². The molecule has 0 bridgehead atoms. The van der Waals surface area contributed by atoms with Crippen LogP contribution in [0.2, 0.25) is 0 Å². The van der Waals surface area contributed by atoms with Gasteiger partial charge in [-0.3, -0.25) is 0 Å². The Morgan fingerprint density at radius 3 is 2.44 bits per heavy atom. The van der Waals surface area contributed by atoms with Gasteiger partial charge in [0.2, 0.25) is 0 Å². The molecule has 0 amide bonds. The van der Waals surface area contributed by atoms with E-state index in [1.807, 2.05) is 0 Å². The lowest BCUT2D eigenvalue weighted by Gasteiger charge is -2.25. The predicted molar refractivity (Wildman–Crippen MR) is 63.8 cm³/mol. The average Bonchev–Trinajstić information content (AvgIpc) is 2.37. The van der Waals surface area contributed by atoms with E-state index in [4.69, 9.17) is 10.2 Å². The summed E-state index contributed by atoms with van der Waals surface area (Å²) in [5.74, 6) is 0.0331. The summed E-state index contributed by atoms with van der Waals surface area (Å²) < 4.78 is 28.7. The van der Waals surface area contributed by atoms with Crippen molar-refractivity contribution >= 4 is 5.69 Å². The number of anilines is 1. The van der Waals surface area contributed by atoms with Crippen molar-refractivity contribution in [3.8, 4) is 5.75 Å². The summed E-state index contributed by atoms with van der Waals surface area (Å²) in [4.78, 5) is 0. The van der Waals surface area contributed by atoms with Crippen molar-refractivity contribution in [1.82, 2.24) is 0 Å². The number of para-hydroxylation sites is 2. The third kappa shape index (κ3) is 4.12. The molecule has 0 heterocycles. The first-order valence-electron chi connectivity index (χ1n) is 5.50. The fourth-order valence-electron chi connectivity index (χ4n) is 1.28. The number of hydrogen-bond donors (Lipinski definition) is 3. The highest BCUT2D eigenvalue weighted by atomic mass is 19.3. The molecule has 0 aromatic heterocycles. The molecule has 3 N–H and O–H groups in total. The van der Waals surface area contributed by atoms with Gasteiger partial charge in [0.25, 0.3) is 0 Å². The number of nitrogens with one attached hydrogen (secondary N) is 1. The van der Waals surface area contributed by atoms with Crippen LogP contribution in [0.25, 0.3) is 0 Å². The number of rotatable bonds is 7. The SMILES string of the molecule is CC(CO)(CO)CNc1ccccc1OC(F)F. The second-order valence-corrected chi connectivity index (χ2v) is 4.36. The molecule has 0 aliphatic carbocycles. The van der Waals surface area contributed by atoms with Crippen molar-refractivity contribution in [3.63, 3.8) is 0 Å². The minimum absolute atomic E-state index is 0.0331. The maximum atomic E-state index is 12.2. The Labute approximate surface area is 104 Å². The minimum atomic E-state index is -2.89. The second kappa shape index (κ2) is 6.51. The summed E-state index contributed by atoms with van der Waals surface area (Å²) in [6.07, 6.45) is 0. The lowest BCUT2D eigenvalue weighted by atomic mass is 9.93. The van der Waals surface area contributed by atoms with Crippen LogP contribution in [-0.2, 0) is 0 Å². The summed E-state index contributed by atoms with van der Waals surface area (Å²) >= 11 is 0. The standard InChI is InChI=1S/C12H17F2NO3/c1-12(7-16,8-17)6-15-9-4-2-3-5-10(9)18-11(13)14/h2-5,11,15-17H,6-8H2,1H3. The molecule has 1 rings (SSSR count). The van der Waals surface area contributed by atoms with E-state index in [0.717, 1.165) is 0 Å². The van der Waals surface area contributed by atoms with Crippen LogP contribution in [0.3, 0.4) is 0 Å². The number of hydrogen-bond acceptors (Lipinski definition) is 4. The van der Waals surface area contributed by atoms with Crippen molar-refractivity contribution < 1.29 is 23.7 Å². The Balaban J connectivity index is 2.72. The van der Waals surface area contributed by atoms with Crippen molar-refractivity contribution in [2.75, 3.05) is 25.1 Å². The van der Waals surface area contributed by atoms with Crippen LogP contribution in [0, 0.1) is 5.41 Å². The molecular formula is C12H17F2NO3. The van der Waals surface area contributed by atoms with Crippen molar-refractivity contribution in [3.05, 3.63) is 24.3 Å². The smallest absolute Gasteiger partial charge is 0.387 e. The van der Waals surface area contributed by atoms with Crippen LogP contribution in [0.5, 0.6) is 5.75 Å². The number of alkyl halides is 2. The Morgan fingerprint density at radius 1 is 1.28 bits per heavy atom. The maximum Gasteiger partial charge on any atom is 0.387 e. The van der Waals surface area contributed by atoms with E-state index in [1.165, 1.54) is 6.07 Å². The molecular weight excluding hydrogens is 244 g/mol. The number of ether oxygens (including phenoxy) is 1. The third-order valence-electron chi connectivity index (χ3n) is 2.57. The highest BCUT2D eigenvalue weighted by Crippen LogP contribution is 2.27. The molecule has 0 radical (unpaired) electrons. The van der Waals surface area contributed by atoms with Gasteiger partial charge >= 0.3 is 6.61 Å². The Hall–Kier alpha value is -1.40. The van der Waals surface area contributed by atoms with E-state index < -0.39 is 12.0 Å². The topological polar surface area (TPSA) is 61.7 Å². The van der Waals surface area contributed by atoms with Gasteiger partial charge in [0.1, 0.15) is 5.75 Å². The first kappa shape index (κ1) is 14.7. The first-order valence-corrected chi connectivity index (χ1v) is 5.50. The molecule has 1 aromatic carbocycles. The van der Waals surface area contributed by atoms with Crippen LogP contribution in [0.4, 0.5) is 14.5 Å². The maximum absolute atomic E-state index is 12.2. The molecule has 0 saturated heterocycles. The number of halogens is 2. The van der Waals surface area contributed by atoms with Gasteiger partial charge in [0, 0.05) is 12.0 Å². The fraction of sp³-hybridized carbons (Fsp3) is 0.500. The molecule has 0 atom stereocenters.